The third-order valence-corrected chi connectivity index (χ3v) is 6.61. The molecule has 4 fully saturated rings. The van der Waals surface area contributed by atoms with Crippen LogP contribution in [-0.4, -0.2) is 10.2 Å². The Balaban J connectivity index is 1.41. The second-order valence-electron chi connectivity index (χ2n) is 7.64. The first-order chi connectivity index (χ1) is 10.0. The van der Waals surface area contributed by atoms with Crippen LogP contribution < -0.4 is 5.32 Å². The molecule has 0 saturated heterocycles. The number of alkyl halides is 1. The number of amides is 1. The molecule has 21 heavy (non-hydrogen) atoms. The molecule has 1 N–H and O–H groups in total. The number of nitrogens with one attached hydrogen (secondary N) is 1. The summed E-state index contributed by atoms with van der Waals surface area (Å²) in [7, 11) is 0. The van der Waals surface area contributed by atoms with Crippen molar-refractivity contribution in [2.24, 2.45) is 17.3 Å². The summed E-state index contributed by atoms with van der Waals surface area (Å²) < 4.78 is 5.60. The summed E-state index contributed by atoms with van der Waals surface area (Å²) in [6.07, 6.45) is 10.1. The molecule has 1 amide bonds. The Morgan fingerprint density at radius 3 is 2.71 bits per heavy atom. The maximum absolute atomic E-state index is 12.4. The van der Waals surface area contributed by atoms with Crippen LogP contribution in [0.15, 0.2) is 22.8 Å². The first-order valence-corrected chi connectivity index (χ1v) is 8.82. The SMILES string of the molecule is O=C(CC12C[C@@H]3C[C@@H](CC(Br)(C3)C1)C2)NCc1ccco1. The Labute approximate surface area is 134 Å². The highest BCUT2D eigenvalue weighted by Crippen LogP contribution is 2.65. The van der Waals surface area contributed by atoms with Gasteiger partial charge in [-0.2, -0.15) is 0 Å². The van der Waals surface area contributed by atoms with Crippen LogP contribution in [0.25, 0.3) is 0 Å². The van der Waals surface area contributed by atoms with Crippen LogP contribution in [0.3, 0.4) is 0 Å². The molecule has 3 nitrogen and oxygen atoms in total. The van der Waals surface area contributed by atoms with Gasteiger partial charge in [-0.25, -0.2) is 0 Å². The molecule has 4 saturated carbocycles. The Morgan fingerprint density at radius 2 is 2.10 bits per heavy atom. The van der Waals surface area contributed by atoms with Crippen LogP contribution in [0.1, 0.15) is 50.7 Å². The van der Waals surface area contributed by atoms with Gasteiger partial charge in [0.25, 0.3) is 0 Å². The molecule has 4 aliphatic carbocycles. The summed E-state index contributed by atoms with van der Waals surface area (Å²) in [6, 6.07) is 3.76. The highest BCUT2D eigenvalue weighted by molar-refractivity contribution is 9.10. The topological polar surface area (TPSA) is 42.2 Å². The quantitative estimate of drug-likeness (QED) is 0.832. The largest absolute Gasteiger partial charge is 0.467 e. The molecule has 2 unspecified atom stereocenters. The molecule has 4 atom stereocenters. The van der Waals surface area contributed by atoms with E-state index in [1.54, 1.807) is 6.26 Å². The van der Waals surface area contributed by atoms with Crippen LogP contribution in [0.5, 0.6) is 0 Å². The monoisotopic (exact) mass is 351 g/mol. The third kappa shape index (κ3) is 2.67. The van der Waals surface area contributed by atoms with Crippen molar-refractivity contribution in [2.75, 3.05) is 0 Å². The van der Waals surface area contributed by atoms with Gasteiger partial charge in [0, 0.05) is 10.7 Å². The summed E-state index contributed by atoms with van der Waals surface area (Å²) >= 11 is 4.01. The van der Waals surface area contributed by atoms with Crippen molar-refractivity contribution in [3.63, 3.8) is 0 Å². The van der Waals surface area contributed by atoms with E-state index in [0.717, 1.165) is 17.6 Å². The first-order valence-electron chi connectivity index (χ1n) is 8.02. The molecule has 4 bridgehead atoms. The maximum Gasteiger partial charge on any atom is 0.220 e. The first kappa shape index (κ1) is 13.9. The molecule has 0 spiro atoms. The van der Waals surface area contributed by atoms with Crippen LogP contribution in [0.4, 0.5) is 0 Å². The van der Waals surface area contributed by atoms with Crippen molar-refractivity contribution >= 4 is 21.8 Å². The van der Waals surface area contributed by atoms with Crippen LogP contribution in [-0.2, 0) is 11.3 Å². The van der Waals surface area contributed by atoms with Gasteiger partial charge in [0.05, 0.1) is 12.8 Å². The van der Waals surface area contributed by atoms with Gasteiger partial charge in [-0.05, 0) is 67.9 Å². The molecule has 0 radical (unpaired) electrons. The number of carbonyl (C=O) groups is 1. The van der Waals surface area contributed by atoms with E-state index in [0.29, 0.717) is 17.3 Å². The number of furan rings is 1. The van der Waals surface area contributed by atoms with Crippen LogP contribution in [0.2, 0.25) is 0 Å². The lowest BCUT2D eigenvalue weighted by atomic mass is 9.48. The van der Waals surface area contributed by atoms with Gasteiger partial charge in [-0.15, -0.1) is 0 Å². The van der Waals surface area contributed by atoms with Crippen molar-refractivity contribution in [1.82, 2.24) is 5.32 Å². The average Bonchev–Trinajstić information content (AvgIpc) is 2.85. The van der Waals surface area contributed by atoms with E-state index in [1.807, 2.05) is 12.1 Å². The number of hydrogen-bond donors (Lipinski definition) is 1. The summed E-state index contributed by atoms with van der Waals surface area (Å²) in [4.78, 5) is 12.4. The zero-order valence-corrected chi connectivity index (χ0v) is 13.8. The second-order valence-corrected chi connectivity index (χ2v) is 9.33. The summed E-state index contributed by atoms with van der Waals surface area (Å²) in [6.45, 7) is 0.508. The van der Waals surface area contributed by atoms with Crippen molar-refractivity contribution in [3.05, 3.63) is 24.2 Å². The Morgan fingerprint density at radius 1 is 1.33 bits per heavy atom. The fraction of sp³-hybridized carbons (Fsp3) is 0.706. The lowest BCUT2D eigenvalue weighted by molar-refractivity contribution is -0.128. The zero-order chi connectivity index (χ0) is 14.5. The normalized spacial score (nSPS) is 40.4. The summed E-state index contributed by atoms with van der Waals surface area (Å²) in [5, 5.41) is 3.02. The molecule has 4 heteroatoms. The predicted octanol–water partition coefficient (Wildman–Crippen LogP) is 4.02. The van der Waals surface area contributed by atoms with Gasteiger partial charge in [0.2, 0.25) is 5.91 Å². The molecule has 0 aromatic carbocycles. The zero-order valence-electron chi connectivity index (χ0n) is 12.2. The molecule has 1 aromatic rings. The Bertz CT molecular complexity index is 525. The van der Waals surface area contributed by atoms with E-state index >= 15 is 0 Å². The number of rotatable bonds is 4. The number of halogens is 1. The minimum Gasteiger partial charge on any atom is -0.467 e. The van der Waals surface area contributed by atoms with E-state index in [9.17, 15) is 4.79 Å². The maximum atomic E-state index is 12.4. The Kier molecular flexibility index (Phi) is 3.21. The number of hydrogen-bond acceptors (Lipinski definition) is 2. The van der Waals surface area contributed by atoms with Gasteiger partial charge in [0.1, 0.15) is 5.76 Å². The second kappa shape index (κ2) is 4.87. The smallest absolute Gasteiger partial charge is 0.220 e. The van der Waals surface area contributed by atoms with Gasteiger partial charge in [0.15, 0.2) is 0 Å². The molecular formula is C17H22BrNO2. The fourth-order valence-electron chi connectivity index (χ4n) is 5.54. The molecule has 4 aliphatic rings. The molecule has 5 rings (SSSR count). The summed E-state index contributed by atoms with van der Waals surface area (Å²) in [5.74, 6) is 2.68. The summed E-state index contributed by atoms with van der Waals surface area (Å²) in [5.41, 5.74) is 0.251. The average molecular weight is 352 g/mol. The van der Waals surface area contributed by atoms with Crippen molar-refractivity contribution < 1.29 is 9.21 Å². The predicted molar refractivity (Wildman–Crippen MR) is 83.9 cm³/mol. The Hall–Kier alpha value is -0.770. The van der Waals surface area contributed by atoms with E-state index < -0.39 is 0 Å². The van der Waals surface area contributed by atoms with Crippen molar-refractivity contribution in [1.29, 1.82) is 0 Å². The van der Waals surface area contributed by atoms with Crippen LogP contribution >= 0.6 is 15.9 Å². The van der Waals surface area contributed by atoms with Crippen molar-refractivity contribution in [3.8, 4) is 0 Å². The van der Waals surface area contributed by atoms with Gasteiger partial charge >= 0.3 is 0 Å². The van der Waals surface area contributed by atoms with Crippen LogP contribution in [0, 0.1) is 17.3 Å². The highest BCUT2D eigenvalue weighted by atomic mass is 79.9. The van der Waals surface area contributed by atoms with Crippen molar-refractivity contribution in [2.45, 2.75) is 55.8 Å². The lowest BCUT2D eigenvalue weighted by Gasteiger charge is -2.60. The van der Waals surface area contributed by atoms with E-state index in [4.69, 9.17) is 4.42 Å². The van der Waals surface area contributed by atoms with Gasteiger partial charge in [-0.1, -0.05) is 15.9 Å². The van der Waals surface area contributed by atoms with E-state index in [1.165, 1.54) is 38.5 Å². The minimum atomic E-state index is 0.185. The lowest BCUT2D eigenvalue weighted by Crippen LogP contribution is -2.54. The molecule has 1 heterocycles. The molecule has 1 aromatic heterocycles. The minimum absolute atomic E-state index is 0.185. The highest BCUT2D eigenvalue weighted by Gasteiger charge is 2.57. The van der Waals surface area contributed by atoms with E-state index in [2.05, 4.69) is 21.2 Å². The molecular weight excluding hydrogens is 330 g/mol. The fourth-order valence-corrected chi connectivity index (χ4v) is 7.06. The molecule has 0 aliphatic heterocycles. The third-order valence-electron chi connectivity index (χ3n) is 5.69. The van der Waals surface area contributed by atoms with Gasteiger partial charge < -0.3 is 9.73 Å². The standard InChI is InChI=1S/C17H22BrNO2/c18-17-7-12-4-13(8-17)6-16(5-12,11-17)9-15(20)19-10-14-2-1-3-21-14/h1-3,12-13H,4-11H2,(H,19,20)/t12-,13+,16?,17?. The van der Waals surface area contributed by atoms with E-state index in [-0.39, 0.29) is 11.3 Å². The van der Waals surface area contributed by atoms with Gasteiger partial charge in [-0.3, -0.25) is 4.79 Å². The molecule has 114 valence electrons. The number of carbonyl (C=O) groups excluding carboxylic acids is 1.